The number of rotatable bonds is 8. The Labute approximate surface area is 115 Å². The van der Waals surface area contributed by atoms with Crippen molar-refractivity contribution >= 4 is 11.6 Å². The van der Waals surface area contributed by atoms with Crippen LogP contribution in [0.15, 0.2) is 24.3 Å². The molecule has 0 saturated heterocycles. The maximum absolute atomic E-state index is 11.9. The van der Waals surface area contributed by atoms with Crippen molar-refractivity contribution in [3.8, 4) is 5.75 Å². The molecule has 4 nitrogen and oxygen atoms in total. The third-order valence-electron chi connectivity index (χ3n) is 3.51. The van der Waals surface area contributed by atoms with Gasteiger partial charge in [-0.25, -0.2) is 0 Å². The molecule has 0 fully saturated rings. The second kappa shape index (κ2) is 7.02. The van der Waals surface area contributed by atoms with Crippen molar-refractivity contribution < 1.29 is 9.53 Å². The molecule has 0 spiro atoms. The van der Waals surface area contributed by atoms with Crippen LogP contribution in [0.2, 0.25) is 0 Å². The fraction of sp³-hybridized carbons (Fsp3) is 0.533. The number of anilines is 1. The molecule has 0 aliphatic rings. The van der Waals surface area contributed by atoms with Crippen molar-refractivity contribution in [1.82, 2.24) is 0 Å². The molecule has 1 amide bonds. The lowest BCUT2D eigenvalue weighted by Crippen LogP contribution is -2.50. The maximum atomic E-state index is 11.9. The van der Waals surface area contributed by atoms with Gasteiger partial charge in [0.25, 0.3) is 0 Å². The lowest BCUT2D eigenvalue weighted by atomic mass is 9.88. The minimum Gasteiger partial charge on any atom is -0.495 e. The van der Waals surface area contributed by atoms with Crippen LogP contribution in [0.5, 0.6) is 5.75 Å². The molecule has 1 rings (SSSR count). The summed E-state index contributed by atoms with van der Waals surface area (Å²) in [5.41, 5.74) is 5.72. The topological polar surface area (TPSA) is 64.3 Å². The van der Waals surface area contributed by atoms with E-state index in [9.17, 15) is 4.79 Å². The molecule has 0 radical (unpaired) electrons. The summed E-state index contributed by atoms with van der Waals surface area (Å²) in [6.07, 6.45) is 3.37. The van der Waals surface area contributed by atoms with E-state index in [2.05, 4.69) is 12.2 Å². The fourth-order valence-electron chi connectivity index (χ4n) is 2.17. The minimum atomic E-state index is -0.704. The Kier molecular flexibility index (Phi) is 5.67. The molecule has 0 heterocycles. The Hall–Kier alpha value is -1.71. The zero-order chi connectivity index (χ0) is 14.3. The average molecular weight is 264 g/mol. The molecular formula is C15H24N2O2. The van der Waals surface area contributed by atoms with Gasteiger partial charge >= 0.3 is 0 Å². The van der Waals surface area contributed by atoms with E-state index in [0.717, 1.165) is 30.7 Å². The van der Waals surface area contributed by atoms with Gasteiger partial charge in [-0.3, -0.25) is 4.79 Å². The van der Waals surface area contributed by atoms with Crippen LogP contribution < -0.4 is 15.8 Å². The van der Waals surface area contributed by atoms with E-state index >= 15 is 0 Å². The Bertz CT molecular complexity index is 420. The van der Waals surface area contributed by atoms with E-state index in [-0.39, 0.29) is 5.91 Å². The molecule has 0 bridgehead atoms. The molecule has 4 heteroatoms. The Morgan fingerprint density at radius 1 is 1.37 bits per heavy atom. The molecule has 106 valence electrons. The third-order valence-corrected chi connectivity index (χ3v) is 3.51. The number of primary amides is 1. The summed E-state index contributed by atoms with van der Waals surface area (Å²) in [7, 11) is 1.62. The number of carbonyl (C=O) groups excluding carboxylic acids is 1. The quantitative estimate of drug-likeness (QED) is 0.758. The van der Waals surface area contributed by atoms with Gasteiger partial charge in [-0.05, 0) is 25.0 Å². The summed E-state index contributed by atoms with van der Waals surface area (Å²) >= 11 is 0. The molecule has 0 aliphatic carbocycles. The number of methoxy groups -OCH3 is 1. The SMILES string of the molecule is CCCCC(CC)(Nc1ccccc1OC)C(N)=O. The van der Waals surface area contributed by atoms with Gasteiger partial charge in [0.05, 0.1) is 12.8 Å². The van der Waals surface area contributed by atoms with Gasteiger partial charge in [0, 0.05) is 0 Å². The number of hydrogen-bond acceptors (Lipinski definition) is 3. The van der Waals surface area contributed by atoms with Crippen LogP contribution in [0, 0.1) is 0 Å². The lowest BCUT2D eigenvalue weighted by molar-refractivity contribution is -0.122. The Morgan fingerprint density at radius 3 is 2.58 bits per heavy atom. The molecule has 0 aromatic heterocycles. The molecule has 1 aromatic rings. The van der Waals surface area contributed by atoms with Crippen molar-refractivity contribution in [2.24, 2.45) is 5.73 Å². The van der Waals surface area contributed by atoms with Gasteiger partial charge in [-0.2, -0.15) is 0 Å². The summed E-state index contributed by atoms with van der Waals surface area (Å²) in [6, 6.07) is 7.57. The first-order valence-corrected chi connectivity index (χ1v) is 6.80. The van der Waals surface area contributed by atoms with Gasteiger partial charge in [0.15, 0.2) is 0 Å². The number of benzene rings is 1. The van der Waals surface area contributed by atoms with Crippen LogP contribution in [0.4, 0.5) is 5.69 Å². The van der Waals surface area contributed by atoms with E-state index in [1.54, 1.807) is 7.11 Å². The van der Waals surface area contributed by atoms with Crippen molar-refractivity contribution in [2.45, 2.75) is 45.1 Å². The van der Waals surface area contributed by atoms with Crippen LogP contribution in [-0.2, 0) is 4.79 Å². The first-order chi connectivity index (χ1) is 9.09. The maximum Gasteiger partial charge on any atom is 0.243 e. The lowest BCUT2D eigenvalue weighted by Gasteiger charge is -2.32. The van der Waals surface area contributed by atoms with E-state index in [4.69, 9.17) is 10.5 Å². The van der Waals surface area contributed by atoms with Gasteiger partial charge < -0.3 is 15.8 Å². The first kappa shape index (κ1) is 15.3. The highest BCUT2D eigenvalue weighted by Gasteiger charge is 2.34. The summed E-state index contributed by atoms with van der Waals surface area (Å²) < 4.78 is 5.31. The van der Waals surface area contributed by atoms with Gasteiger partial charge in [-0.15, -0.1) is 0 Å². The van der Waals surface area contributed by atoms with Crippen molar-refractivity contribution in [3.63, 3.8) is 0 Å². The number of hydrogen-bond donors (Lipinski definition) is 2. The predicted molar refractivity (Wildman–Crippen MR) is 78.4 cm³/mol. The average Bonchev–Trinajstić information content (AvgIpc) is 2.43. The number of nitrogens with two attached hydrogens (primary N) is 1. The molecule has 1 unspecified atom stereocenters. The number of unbranched alkanes of at least 4 members (excludes halogenated alkanes) is 1. The molecule has 0 saturated carbocycles. The van der Waals surface area contributed by atoms with Crippen LogP contribution in [0.3, 0.4) is 0 Å². The monoisotopic (exact) mass is 264 g/mol. The molecular weight excluding hydrogens is 240 g/mol. The number of amides is 1. The molecule has 1 aromatic carbocycles. The molecule has 1 atom stereocenters. The smallest absolute Gasteiger partial charge is 0.243 e. The standard InChI is InChI=1S/C15H24N2O2/c1-4-6-11-15(5-2,14(16)18)17-12-9-7-8-10-13(12)19-3/h7-10,17H,4-6,11H2,1-3H3,(H2,16,18). The second-order valence-corrected chi connectivity index (χ2v) is 4.73. The summed E-state index contributed by atoms with van der Waals surface area (Å²) in [6.45, 7) is 4.08. The molecule has 3 N–H and O–H groups in total. The highest BCUT2D eigenvalue weighted by atomic mass is 16.5. The van der Waals surface area contributed by atoms with E-state index < -0.39 is 5.54 Å². The van der Waals surface area contributed by atoms with Gasteiger partial charge in [0.1, 0.15) is 11.3 Å². The van der Waals surface area contributed by atoms with Crippen molar-refractivity contribution in [1.29, 1.82) is 0 Å². The number of ether oxygens (including phenoxy) is 1. The molecule has 0 aliphatic heterocycles. The second-order valence-electron chi connectivity index (χ2n) is 4.73. The number of nitrogens with one attached hydrogen (secondary N) is 1. The number of carbonyl (C=O) groups is 1. The van der Waals surface area contributed by atoms with Crippen LogP contribution in [-0.4, -0.2) is 18.6 Å². The Balaban J connectivity index is 3.02. The van der Waals surface area contributed by atoms with Gasteiger partial charge in [0.2, 0.25) is 5.91 Å². The van der Waals surface area contributed by atoms with E-state index in [1.807, 2.05) is 31.2 Å². The number of para-hydroxylation sites is 2. The summed E-state index contributed by atoms with van der Waals surface area (Å²) in [5, 5.41) is 3.30. The minimum absolute atomic E-state index is 0.311. The van der Waals surface area contributed by atoms with Crippen molar-refractivity contribution in [2.75, 3.05) is 12.4 Å². The summed E-state index contributed by atoms with van der Waals surface area (Å²) in [4.78, 5) is 11.9. The van der Waals surface area contributed by atoms with Crippen LogP contribution in [0.25, 0.3) is 0 Å². The van der Waals surface area contributed by atoms with Crippen LogP contribution >= 0.6 is 0 Å². The van der Waals surface area contributed by atoms with Gasteiger partial charge in [-0.1, -0.05) is 38.8 Å². The van der Waals surface area contributed by atoms with Crippen LogP contribution in [0.1, 0.15) is 39.5 Å². The Morgan fingerprint density at radius 2 is 2.05 bits per heavy atom. The largest absolute Gasteiger partial charge is 0.495 e. The van der Waals surface area contributed by atoms with E-state index in [1.165, 1.54) is 0 Å². The zero-order valence-electron chi connectivity index (χ0n) is 12.0. The highest BCUT2D eigenvalue weighted by molar-refractivity contribution is 5.88. The third kappa shape index (κ3) is 3.63. The zero-order valence-corrected chi connectivity index (χ0v) is 12.0. The summed E-state index contributed by atoms with van der Waals surface area (Å²) in [5.74, 6) is 0.410. The fourth-order valence-corrected chi connectivity index (χ4v) is 2.17. The van der Waals surface area contributed by atoms with E-state index in [0.29, 0.717) is 6.42 Å². The normalized spacial score (nSPS) is 13.6. The van der Waals surface area contributed by atoms with Crippen molar-refractivity contribution in [3.05, 3.63) is 24.3 Å². The first-order valence-electron chi connectivity index (χ1n) is 6.80. The highest BCUT2D eigenvalue weighted by Crippen LogP contribution is 2.30. The molecule has 19 heavy (non-hydrogen) atoms. The predicted octanol–water partition coefficient (Wildman–Crippen LogP) is 2.93.